The molecule has 0 saturated carbocycles. The van der Waals surface area contributed by atoms with Crippen molar-refractivity contribution in [2.45, 2.75) is 6.92 Å². The molecule has 1 heterocycles. The molecule has 4 nitrogen and oxygen atoms in total. The normalized spacial score (nSPS) is 20.6. The van der Waals surface area contributed by atoms with Crippen molar-refractivity contribution in [2.24, 2.45) is 10.9 Å². The number of hydrogen-bond acceptors (Lipinski definition) is 4. The van der Waals surface area contributed by atoms with Gasteiger partial charge in [-0.1, -0.05) is 18.2 Å². The Morgan fingerprint density at radius 2 is 2.17 bits per heavy atom. The highest BCUT2D eigenvalue weighted by atomic mass is 19.1. The smallest absolute Gasteiger partial charge is 0.170 e. The summed E-state index contributed by atoms with van der Waals surface area (Å²) in [6, 6.07) is 8.96. The van der Waals surface area contributed by atoms with Crippen molar-refractivity contribution in [2.75, 3.05) is 6.54 Å². The first-order valence-electron chi connectivity index (χ1n) is 7.18. The van der Waals surface area contributed by atoms with Crippen molar-refractivity contribution in [1.29, 1.82) is 5.26 Å². The quantitative estimate of drug-likeness (QED) is 0.913. The molecule has 0 fully saturated rings. The molecular weight excluding hydrogens is 293 g/mol. The molecule has 0 saturated heterocycles. The fourth-order valence-corrected chi connectivity index (χ4v) is 2.81. The van der Waals surface area contributed by atoms with Crippen LogP contribution < -0.4 is 5.32 Å². The molecule has 0 spiro atoms. The van der Waals surface area contributed by atoms with Gasteiger partial charge in [-0.25, -0.2) is 4.39 Å². The van der Waals surface area contributed by atoms with Gasteiger partial charge in [-0.3, -0.25) is 9.79 Å². The van der Waals surface area contributed by atoms with Gasteiger partial charge in [-0.15, -0.1) is 0 Å². The van der Waals surface area contributed by atoms with Gasteiger partial charge >= 0.3 is 0 Å². The van der Waals surface area contributed by atoms with Crippen molar-refractivity contribution in [3.05, 3.63) is 64.6 Å². The Morgan fingerprint density at radius 3 is 2.87 bits per heavy atom. The molecule has 2 aliphatic rings. The summed E-state index contributed by atoms with van der Waals surface area (Å²) >= 11 is 0. The summed E-state index contributed by atoms with van der Waals surface area (Å²) < 4.78 is 14.9. The molecule has 0 amide bonds. The molecule has 5 heteroatoms. The molecular formula is C18H14FN3O. The number of benzene rings is 1. The molecule has 1 aliphatic heterocycles. The van der Waals surface area contributed by atoms with Gasteiger partial charge in [0.2, 0.25) is 0 Å². The SMILES string of the molecule is CC1=C(F)C(C2=CNC=NC2)C(=O)C=C1c1ccccc1C#N. The van der Waals surface area contributed by atoms with Crippen molar-refractivity contribution in [1.82, 2.24) is 5.32 Å². The van der Waals surface area contributed by atoms with Crippen LogP contribution >= 0.6 is 0 Å². The number of allylic oxidation sites excluding steroid dienone is 4. The van der Waals surface area contributed by atoms with E-state index in [1.807, 2.05) is 0 Å². The first-order chi connectivity index (χ1) is 11.1. The highest BCUT2D eigenvalue weighted by molar-refractivity contribution is 6.07. The Kier molecular flexibility index (Phi) is 3.90. The van der Waals surface area contributed by atoms with Gasteiger partial charge in [0.15, 0.2) is 5.78 Å². The van der Waals surface area contributed by atoms with E-state index in [1.165, 1.54) is 12.4 Å². The zero-order valence-corrected chi connectivity index (χ0v) is 12.5. The lowest BCUT2D eigenvalue weighted by molar-refractivity contribution is -0.116. The Morgan fingerprint density at radius 1 is 1.39 bits per heavy atom. The average molecular weight is 307 g/mol. The monoisotopic (exact) mass is 307 g/mol. The van der Waals surface area contributed by atoms with E-state index >= 15 is 0 Å². The van der Waals surface area contributed by atoms with Crippen molar-refractivity contribution >= 4 is 17.7 Å². The molecule has 114 valence electrons. The fourth-order valence-electron chi connectivity index (χ4n) is 2.81. The molecule has 1 atom stereocenters. The molecule has 1 aliphatic carbocycles. The number of hydrogen-bond donors (Lipinski definition) is 1. The Balaban J connectivity index is 2.05. The van der Waals surface area contributed by atoms with E-state index in [-0.39, 0.29) is 5.78 Å². The Hall–Kier alpha value is -3.00. The van der Waals surface area contributed by atoms with Crippen LogP contribution in [-0.2, 0) is 4.79 Å². The minimum absolute atomic E-state index is 0.294. The minimum atomic E-state index is -0.932. The molecule has 1 aromatic rings. The largest absolute Gasteiger partial charge is 0.353 e. The predicted molar refractivity (Wildman–Crippen MR) is 86.0 cm³/mol. The zero-order chi connectivity index (χ0) is 16.4. The third-order valence-electron chi connectivity index (χ3n) is 4.00. The maximum absolute atomic E-state index is 14.9. The second kappa shape index (κ2) is 6.01. The van der Waals surface area contributed by atoms with Crippen LogP contribution in [0.1, 0.15) is 18.1 Å². The maximum Gasteiger partial charge on any atom is 0.170 e. The summed E-state index contributed by atoms with van der Waals surface area (Å²) in [6.45, 7) is 1.93. The molecule has 0 radical (unpaired) electrons. The highest BCUT2D eigenvalue weighted by Gasteiger charge is 2.33. The van der Waals surface area contributed by atoms with Gasteiger partial charge < -0.3 is 5.32 Å². The summed E-state index contributed by atoms with van der Waals surface area (Å²) in [5.74, 6) is -1.75. The minimum Gasteiger partial charge on any atom is -0.353 e. The van der Waals surface area contributed by atoms with E-state index in [1.54, 1.807) is 37.4 Å². The number of rotatable bonds is 2. The topological polar surface area (TPSA) is 65.2 Å². The molecule has 1 aromatic carbocycles. The number of nitrogens with zero attached hydrogens (tertiary/aromatic N) is 2. The number of aliphatic imine (C=N–C) groups is 1. The van der Waals surface area contributed by atoms with E-state index in [9.17, 15) is 14.4 Å². The molecule has 23 heavy (non-hydrogen) atoms. The van der Waals surface area contributed by atoms with E-state index in [0.29, 0.717) is 34.4 Å². The van der Waals surface area contributed by atoms with E-state index in [2.05, 4.69) is 16.4 Å². The summed E-state index contributed by atoms with van der Waals surface area (Å²) in [6.07, 6.45) is 4.55. The van der Waals surface area contributed by atoms with Gasteiger partial charge in [-0.05, 0) is 41.3 Å². The molecule has 1 N–H and O–H groups in total. The van der Waals surface area contributed by atoms with Crippen LogP contribution in [0.2, 0.25) is 0 Å². The van der Waals surface area contributed by atoms with Crippen LogP contribution in [0.4, 0.5) is 4.39 Å². The number of carbonyl (C=O) groups excluding carboxylic acids is 1. The summed E-state index contributed by atoms with van der Waals surface area (Å²) in [7, 11) is 0. The van der Waals surface area contributed by atoms with Crippen molar-refractivity contribution in [3.63, 3.8) is 0 Å². The number of nitrogens with one attached hydrogen (secondary N) is 1. The molecule has 1 unspecified atom stereocenters. The number of nitriles is 1. The lowest BCUT2D eigenvalue weighted by Gasteiger charge is -2.24. The van der Waals surface area contributed by atoms with Crippen molar-refractivity contribution in [3.8, 4) is 6.07 Å². The van der Waals surface area contributed by atoms with Crippen molar-refractivity contribution < 1.29 is 9.18 Å². The number of ketones is 1. The van der Waals surface area contributed by atoms with Gasteiger partial charge in [0, 0.05) is 6.20 Å². The number of halogens is 1. The van der Waals surface area contributed by atoms with Gasteiger partial charge in [0.05, 0.1) is 30.4 Å². The average Bonchev–Trinajstić information content (AvgIpc) is 2.59. The van der Waals surface area contributed by atoms with Gasteiger partial charge in [-0.2, -0.15) is 5.26 Å². The van der Waals surface area contributed by atoms with Crippen LogP contribution in [0.5, 0.6) is 0 Å². The van der Waals surface area contributed by atoms with Crippen LogP contribution in [-0.4, -0.2) is 18.7 Å². The first kappa shape index (κ1) is 14.9. The Labute approximate surface area is 133 Å². The molecule has 3 rings (SSSR count). The second-order valence-corrected chi connectivity index (χ2v) is 5.38. The van der Waals surface area contributed by atoms with Crippen LogP contribution in [0.25, 0.3) is 5.57 Å². The van der Waals surface area contributed by atoms with Gasteiger partial charge in [0.25, 0.3) is 0 Å². The van der Waals surface area contributed by atoms with E-state index < -0.39 is 11.7 Å². The summed E-state index contributed by atoms with van der Waals surface area (Å²) in [5.41, 5.74) is 2.43. The zero-order valence-electron chi connectivity index (χ0n) is 12.5. The molecule has 0 bridgehead atoms. The van der Waals surface area contributed by atoms with Crippen LogP contribution in [0.3, 0.4) is 0 Å². The first-order valence-corrected chi connectivity index (χ1v) is 7.18. The summed E-state index contributed by atoms with van der Waals surface area (Å²) in [5, 5.41) is 12.0. The second-order valence-electron chi connectivity index (χ2n) is 5.38. The van der Waals surface area contributed by atoms with Crippen LogP contribution in [0, 0.1) is 17.2 Å². The lowest BCUT2D eigenvalue weighted by atomic mass is 9.81. The standard InChI is InChI=1S/C18H14FN3O/c1-11-15(14-5-3-2-4-12(14)7-20)6-16(23)17(18(11)19)13-8-21-10-22-9-13/h2-6,8,10,17H,9H2,1H3,(H,21,22). The fraction of sp³-hybridized carbons (Fsp3) is 0.167. The van der Waals surface area contributed by atoms with E-state index in [0.717, 1.165) is 0 Å². The summed E-state index contributed by atoms with van der Waals surface area (Å²) in [4.78, 5) is 16.5. The maximum atomic E-state index is 14.9. The third kappa shape index (κ3) is 2.59. The van der Waals surface area contributed by atoms with Crippen LogP contribution in [0.15, 0.2) is 58.5 Å². The lowest BCUT2D eigenvalue weighted by Crippen LogP contribution is -2.25. The highest BCUT2D eigenvalue weighted by Crippen LogP contribution is 2.38. The predicted octanol–water partition coefficient (Wildman–Crippen LogP) is 2.90. The number of carbonyl (C=O) groups is 1. The molecule has 0 aromatic heterocycles. The van der Waals surface area contributed by atoms with Gasteiger partial charge in [0.1, 0.15) is 5.83 Å². The Bertz CT molecular complexity index is 840. The van der Waals surface area contributed by atoms with E-state index in [4.69, 9.17) is 0 Å². The third-order valence-corrected chi connectivity index (χ3v) is 4.00.